The Morgan fingerprint density at radius 2 is 2.00 bits per heavy atom. The van der Waals surface area contributed by atoms with E-state index in [0.717, 1.165) is 17.3 Å². The Bertz CT molecular complexity index is 719. The van der Waals surface area contributed by atoms with Crippen LogP contribution in [0.25, 0.3) is 10.9 Å². The number of hydrogen-bond acceptors (Lipinski definition) is 2. The molecule has 0 aliphatic carbocycles. The van der Waals surface area contributed by atoms with Crippen molar-refractivity contribution in [2.45, 2.75) is 19.4 Å². The predicted molar refractivity (Wildman–Crippen MR) is 79.2 cm³/mol. The number of aromatic nitrogens is 1. The second-order valence-corrected chi connectivity index (χ2v) is 5.72. The van der Waals surface area contributed by atoms with Crippen LogP contribution < -0.4 is 0 Å². The number of hydrogen-bond donors (Lipinski definition) is 1. The summed E-state index contributed by atoms with van der Waals surface area (Å²) in [5.41, 5.74) is 1.55. The average molecular weight is 286 g/mol. The van der Waals surface area contributed by atoms with Crippen molar-refractivity contribution in [3.8, 4) is 0 Å². The molecule has 1 aromatic heterocycles. The van der Waals surface area contributed by atoms with E-state index < -0.39 is 12.0 Å². The summed E-state index contributed by atoms with van der Waals surface area (Å²) in [5, 5.41) is 10.2. The van der Waals surface area contributed by atoms with Crippen molar-refractivity contribution in [3.63, 3.8) is 0 Å². The third kappa shape index (κ3) is 2.09. The number of carboxylic acid groups (broad SMARTS) is 1. The molecule has 1 aromatic carbocycles. The van der Waals surface area contributed by atoms with Gasteiger partial charge >= 0.3 is 5.97 Å². The molecule has 21 heavy (non-hydrogen) atoms. The molecule has 0 saturated carbocycles. The molecule has 1 saturated heterocycles. The summed E-state index contributed by atoms with van der Waals surface area (Å²) in [6, 6.07) is 6.94. The van der Waals surface area contributed by atoms with Gasteiger partial charge in [-0.2, -0.15) is 0 Å². The van der Waals surface area contributed by atoms with Crippen molar-refractivity contribution >= 4 is 22.8 Å². The number of benzene rings is 1. The molecule has 2 heterocycles. The molecule has 1 fully saturated rings. The van der Waals surface area contributed by atoms with Crippen molar-refractivity contribution in [1.29, 1.82) is 0 Å². The Balaban J connectivity index is 2.03. The van der Waals surface area contributed by atoms with Gasteiger partial charge in [0.1, 0.15) is 6.04 Å². The Morgan fingerprint density at radius 1 is 1.29 bits per heavy atom. The first kappa shape index (κ1) is 13.7. The molecule has 2 aromatic rings. The topological polar surface area (TPSA) is 62.5 Å². The van der Waals surface area contributed by atoms with Crippen molar-refractivity contribution in [3.05, 3.63) is 36.0 Å². The van der Waals surface area contributed by atoms with Crippen LogP contribution in [0.4, 0.5) is 0 Å². The van der Waals surface area contributed by atoms with E-state index in [9.17, 15) is 14.7 Å². The summed E-state index contributed by atoms with van der Waals surface area (Å²) in [6.07, 6.45) is 2.52. The number of carboxylic acids is 1. The molecular formula is C16H18N2O3. The zero-order valence-electron chi connectivity index (χ0n) is 12.1. The Kier molecular flexibility index (Phi) is 3.20. The van der Waals surface area contributed by atoms with Gasteiger partial charge in [-0.05, 0) is 18.4 Å². The van der Waals surface area contributed by atoms with Crippen LogP contribution in [-0.4, -0.2) is 39.0 Å². The first-order valence-electron chi connectivity index (χ1n) is 7.08. The molecule has 1 N–H and O–H groups in total. The maximum atomic E-state index is 12.8. The highest BCUT2D eigenvalue weighted by Gasteiger charge is 2.40. The fourth-order valence-corrected chi connectivity index (χ4v) is 3.22. The van der Waals surface area contributed by atoms with Crippen molar-refractivity contribution < 1.29 is 14.7 Å². The van der Waals surface area contributed by atoms with Crippen LogP contribution >= 0.6 is 0 Å². The SMILES string of the molecule is CC1CCN(C(=O)c2cn(C)c3ccccc23)C1C(=O)O. The van der Waals surface area contributed by atoms with Crippen molar-refractivity contribution in [1.82, 2.24) is 9.47 Å². The van der Waals surface area contributed by atoms with Crippen LogP contribution in [0.2, 0.25) is 0 Å². The number of amides is 1. The molecule has 0 radical (unpaired) electrons. The van der Waals surface area contributed by atoms with Gasteiger partial charge in [-0.25, -0.2) is 4.79 Å². The lowest BCUT2D eigenvalue weighted by Crippen LogP contribution is -2.42. The summed E-state index contributed by atoms with van der Waals surface area (Å²) in [4.78, 5) is 25.7. The van der Waals surface area contributed by atoms with E-state index >= 15 is 0 Å². The lowest BCUT2D eigenvalue weighted by atomic mass is 10.0. The van der Waals surface area contributed by atoms with Gasteiger partial charge < -0.3 is 14.6 Å². The van der Waals surface area contributed by atoms with E-state index in [2.05, 4.69) is 0 Å². The van der Waals surface area contributed by atoms with Gasteiger partial charge in [-0.3, -0.25) is 4.79 Å². The van der Waals surface area contributed by atoms with Crippen molar-refractivity contribution in [2.75, 3.05) is 6.54 Å². The van der Waals surface area contributed by atoms with Gasteiger partial charge in [0.15, 0.2) is 0 Å². The molecule has 2 unspecified atom stereocenters. The molecule has 0 bridgehead atoms. The minimum atomic E-state index is -0.923. The Hall–Kier alpha value is -2.30. The number of fused-ring (bicyclic) bond motifs is 1. The minimum absolute atomic E-state index is 0.0126. The highest BCUT2D eigenvalue weighted by atomic mass is 16.4. The fourth-order valence-electron chi connectivity index (χ4n) is 3.22. The van der Waals surface area contributed by atoms with Crippen LogP contribution in [-0.2, 0) is 11.8 Å². The van der Waals surface area contributed by atoms with Crippen LogP contribution in [0, 0.1) is 5.92 Å². The highest BCUT2D eigenvalue weighted by molar-refractivity contribution is 6.08. The number of aryl methyl sites for hydroxylation is 1. The maximum absolute atomic E-state index is 12.8. The standard InChI is InChI=1S/C16H18N2O3/c1-10-7-8-18(14(10)16(20)21)15(19)12-9-17(2)13-6-4-3-5-11(12)13/h3-6,9-10,14H,7-8H2,1-2H3,(H,20,21). The molecule has 5 heteroatoms. The third-order valence-corrected chi connectivity index (χ3v) is 4.34. The van der Waals surface area contributed by atoms with E-state index in [1.165, 1.54) is 4.90 Å². The monoisotopic (exact) mass is 286 g/mol. The lowest BCUT2D eigenvalue weighted by molar-refractivity contribution is -0.142. The number of nitrogens with zero attached hydrogens (tertiary/aromatic N) is 2. The summed E-state index contributed by atoms with van der Waals surface area (Å²) in [6.45, 7) is 2.38. The summed E-state index contributed by atoms with van der Waals surface area (Å²) < 4.78 is 1.90. The van der Waals surface area contributed by atoms with Crippen molar-refractivity contribution in [2.24, 2.45) is 13.0 Å². The summed E-state index contributed by atoms with van der Waals surface area (Å²) >= 11 is 0. The average Bonchev–Trinajstić information content (AvgIpc) is 3.00. The third-order valence-electron chi connectivity index (χ3n) is 4.34. The lowest BCUT2D eigenvalue weighted by Gasteiger charge is -2.23. The van der Waals surface area contributed by atoms with Crippen LogP contribution in [0.1, 0.15) is 23.7 Å². The van der Waals surface area contributed by atoms with Gasteiger partial charge in [-0.15, -0.1) is 0 Å². The first-order chi connectivity index (χ1) is 10.0. The number of carbonyl (C=O) groups excluding carboxylic acids is 1. The molecule has 1 aliphatic rings. The first-order valence-corrected chi connectivity index (χ1v) is 7.08. The van der Waals surface area contributed by atoms with Crippen LogP contribution in [0.5, 0.6) is 0 Å². The minimum Gasteiger partial charge on any atom is -0.480 e. The molecule has 2 atom stereocenters. The molecule has 3 rings (SSSR count). The second kappa shape index (κ2) is 4.91. The zero-order valence-corrected chi connectivity index (χ0v) is 12.1. The highest BCUT2D eigenvalue weighted by Crippen LogP contribution is 2.28. The zero-order chi connectivity index (χ0) is 15.1. The van der Waals surface area contributed by atoms with E-state index in [1.807, 2.05) is 42.8 Å². The van der Waals surface area contributed by atoms with Gasteiger partial charge in [0.2, 0.25) is 0 Å². The predicted octanol–water partition coefficient (Wildman–Crippen LogP) is 2.11. The normalized spacial score (nSPS) is 21.9. The summed E-state index contributed by atoms with van der Waals surface area (Å²) in [5.74, 6) is -1.13. The summed E-state index contributed by atoms with van der Waals surface area (Å²) in [7, 11) is 1.89. The fraction of sp³-hybridized carbons (Fsp3) is 0.375. The number of carbonyl (C=O) groups is 2. The molecule has 0 spiro atoms. The van der Waals surface area contributed by atoms with Crippen LogP contribution in [0.15, 0.2) is 30.5 Å². The number of rotatable bonds is 2. The van der Waals surface area contributed by atoms with E-state index in [-0.39, 0.29) is 11.8 Å². The van der Waals surface area contributed by atoms with E-state index in [4.69, 9.17) is 0 Å². The molecule has 5 nitrogen and oxygen atoms in total. The number of aliphatic carboxylic acids is 1. The number of para-hydroxylation sites is 1. The molecular weight excluding hydrogens is 268 g/mol. The largest absolute Gasteiger partial charge is 0.480 e. The smallest absolute Gasteiger partial charge is 0.326 e. The van der Waals surface area contributed by atoms with E-state index in [0.29, 0.717) is 12.1 Å². The second-order valence-electron chi connectivity index (χ2n) is 5.72. The maximum Gasteiger partial charge on any atom is 0.326 e. The molecule has 1 aliphatic heterocycles. The van der Waals surface area contributed by atoms with Gasteiger partial charge in [-0.1, -0.05) is 25.1 Å². The Morgan fingerprint density at radius 3 is 2.71 bits per heavy atom. The van der Waals surface area contributed by atoms with Gasteiger partial charge in [0.25, 0.3) is 5.91 Å². The van der Waals surface area contributed by atoms with Gasteiger partial charge in [0, 0.05) is 30.7 Å². The van der Waals surface area contributed by atoms with Crippen LogP contribution in [0.3, 0.4) is 0 Å². The number of likely N-dealkylation sites (tertiary alicyclic amines) is 1. The van der Waals surface area contributed by atoms with Gasteiger partial charge in [0.05, 0.1) is 5.56 Å². The van der Waals surface area contributed by atoms with E-state index in [1.54, 1.807) is 6.20 Å². The quantitative estimate of drug-likeness (QED) is 0.919. The Labute approximate surface area is 122 Å². The molecule has 1 amide bonds. The molecule has 110 valence electrons.